The molecule has 0 aliphatic heterocycles. The average Bonchev–Trinajstić information content (AvgIpc) is 2.63. The van der Waals surface area contributed by atoms with Crippen LogP contribution in [0.25, 0.3) is 0 Å². The third-order valence-electron chi connectivity index (χ3n) is 4.01. The van der Waals surface area contributed by atoms with E-state index >= 15 is 0 Å². The lowest BCUT2D eigenvalue weighted by Gasteiger charge is -2.19. The largest absolute Gasteiger partial charge is 0.478 e. The molecule has 0 atom stereocenters. The van der Waals surface area contributed by atoms with E-state index in [-0.39, 0.29) is 23.8 Å². The molecular weight excluding hydrogens is 332 g/mol. The highest BCUT2D eigenvalue weighted by Crippen LogP contribution is 2.14. The standard InChI is InChI=1S/C20H22N2O4/c1-3-22(4-2)19(24)16-6-5-7-17(13-16)21-18(23)12-14-8-10-15(11-9-14)20(25)26/h5-11,13H,3-4,12H2,1-2H3,(H,21,23)(H,25,26). The van der Waals surface area contributed by atoms with Gasteiger partial charge in [0.25, 0.3) is 5.91 Å². The Kier molecular flexibility index (Phi) is 6.49. The number of anilines is 1. The minimum atomic E-state index is -1.00. The van der Waals surface area contributed by atoms with Crippen molar-refractivity contribution in [2.24, 2.45) is 0 Å². The first-order valence-electron chi connectivity index (χ1n) is 8.46. The first-order valence-corrected chi connectivity index (χ1v) is 8.46. The van der Waals surface area contributed by atoms with E-state index in [9.17, 15) is 14.4 Å². The van der Waals surface area contributed by atoms with Gasteiger partial charge >= 0.3 is 5.97 Å². The third-order valence-corrected chi connectivity index (χ3v) is 4.01. The molecule has 0 saturated heterocycles. The zero-order valence-corrected chi connectivity index (χ0v) is 14.9. The molecule has 0 fully saturated rings. The lowest BCUT2D eigenvalue weighted by Crippen LogP contribution is -2.30. The van der Waals surface area contributed by atoms with Crippen LogP contribution in [0.2, 0.25) is 0 Å². The highest BCUT2D eigenvalue weighted by atomic mass is 16.4. The predicted molar refractivity (Wildman–Crippen MR) is 99.4 cm³/mol. The number of rotatable bonds is 7. The Balaban J connectivity index is 2.04. The first kappa shape index (κ1) is 19.2. The van der Waals surface area contributed by atoms with Gasteiger partial charge in [-0.05, 0) is 49.7 Å². The number of carboxylic acids is 1. The topological polar surface area (TPSA) is 86.7 Å². The molecule has 0 bridgehead atoms. The summed E-state index contributed by atoms with van der Waals surface area (Å²) in [6.45, 7) is 5.09. The Morgan fingerprint density at radius 3 is 2.19 bits per heavy atom. The highest BCUT2D eigenvalue weighted by Gasteiger charge is 2.13. The van der Waals surface area contributed by atoms with Gasteiger partial charge in [0.1, 0.15) is 0 Å². The molecule has 2 N–H and O–H groups in total. The van der Waals surface area contributed by atoms with Crippen LogP contribution in [0.3, 0.4) is 0 Å². The van der Waals surface area contributed by atoms with Crippen molar-refractivity contribution >= 4 is 23.5 Å². The summed E-state index contributed by atoms with van der Waals surface area (Å²) < 4.78 is 0. The molecule has 2 amide bonds. The second kappa shape index (κ2) is 8.80. The van der Waals surface area contributed by atoms with Crippen LogP contribution in [0, 0.1) is 0 Å². The zero-order valence-electron chi connectivity index (χ0n) is 14.9. The number of carboxylic acid groups (broad SMARTS) is 1. The Labute approximate surface area is 152 Å². The second-order valence-electron chi connectivity index (χ2n) is 5.79. The molecule has 2 aromatic rings. The summed E-state index contributed by atoms with van der Waals surface area (Å²) in [7, 11) is 0. The molecule has 6 heteroatoms. The fourth-order valence-electron chi connectivity index (χ4n) is 2.58. The van der Waals surface area contributed by atoms with Crippen molar-refractivity contribution in [1.29, 1.82) is 0 Å². The minimum absolute atomic E-state index is 0.0737. The van der Waals surface area contributed by atoms with E-state index in [4.69, 9.17) is 5.11 Å². The summed E-state index contributed by atoms with van der Waals surface area (Å²) in [6, 6.07) is 13.0. The van der Waals surface area contributed by atoms with Crippen LogP contribution in [0.1, 0.15) is 40.1 Å². The predicted octanol–water partition coefficient (Wildman–Crippen LogP) is 3.05. The Bertz CT molecular complexity index is 796. The summed E-state index contributed by atoms with van der Waals surface area (Å²) in [6.07, 6.45) is 0.119. The quantitative estimate of drug-likeness (QED) is 0.800. The Hall–Kier alpha value is -3.15. The van der Waals surface area contributed by atoms with Gasteiger partial charge in [-0.2, -0.15) is 0 Å². The van der Waals surface area contributed by atoms with E-state index in [0.29, 0.717) is 29.9 Å². The normalized spacial score (nSPS) is 10.2. The molecule has 0 aliphatic carbocycles. The van der Waals surface area contributed by atoms with Gasteiger partial charge < -0.3 is 15.3 Å². The van der Waals surface area contributed by atoms with E-state index in [1.54, 1.807) is 41.3 Å². The molecule has 2 aromatic carbocycles. The lowest BCUT2D eigenvalue weighted by atomic mass is 10.1. The highest BCUT2D eigenvalue weighted by molar-refractivity contribution is 5.97. The van der Waals surface area contributed by atoms with Gasteiger partial charge in [-0.25, -0.2) is 4.79 Å². The minimum Gasteiger partial charge on any atom is -0.478 e. The summed E-state index contributed by atoms with van der Waals surface area (Å²) in [5, 5.41) is 11.7. The maximum atomic E-state index is 12.4. The van der Waals surface area contributed by atoms with Crippen molar-refractivity contribution in [2.75, 3.05) is 18.4 Å². The van der Waals surface area contributed by atoms with Gasteiger partial charge in [0.2, 0.25) is 5.91 Å². The number of nitrogens with one attached hydrogen (secondary N) is 1. The summed E-state index contributed by atoms with van der Waals surface area (Å²) in [5.74, 6) is -1.31. The van der Waals surface area contributed by atoms with Crippen LogP contribution in [-0.4, -0.2) is 40.9 Å². The van der Waals surface area contributed by atoms with Gasteiger partial charge in [0, 0.05) is 24.3 Å². The van der Waals surface area contributed by atoms with E-state index < -0.39 is 5.97 Å². The number of hydrogen-bond acceptors (Lipinski definition) is 3. The van der Waals surface area contributed by atoms with Crippen LogP contribution in [0.15, 0.2) is 48.5 Å². The van der Waals surface area contributed by atoms with Crippen molar-refractivity contribution in [1.82, 2.24) is 4.90 Å². The second-order valence-corrected chi connectivity index (χ2v) is 5.79. The summed E-state index contributed by atoms with van der Waals surface area (Å²) in [4.78, 5) is 37.2. The Morgan fingerprint density at radius 2 is 1.62 bits per heavy atom. The van der Waals surface area contributed by atoms with Crippen molar-refractivity contribution in [2.45, 2.75) is 20.3 Å². The number of carbonyl (C=O) groups excluding carboxylic acids is 2. The lowest BCUT2D eigenvalue weighted by molar-refractivity contribution is -0.115. The van der Waals surface area contributed by atoms with E-state index in [0.717, 1.165) is 0 Å². The van der Waals surface area contributed by atoms with Crippen LogP contribution in [-0.2, 0) is 11.2 Å². The van der Waals surface area contributed by atoms with Crippen molar-refractivity contribution in [3.63, 3.8) is 0 Å². The maximum absolute atomic E-state index is 12.4. The van der Waals surface area contributed by atoms with Crippen LogP contribution >= 0.6 is 0 Å². The van der Waals surface area contributed by atoms with Crippen molar-refractivity contribution in [3.05, 3.63) is 65.2 Å². The van der Waals surface area contributed by atoms with Crippen molar-refractivity contribution in [3.8, 4) is 0 Å². The van der Waals surface area contributed by atoms with Gasteiger partial charge in [0.15, 0.2) is 0 Å². The monoisotopic (exact) mass is 354 g/mol. The van der Waals surface area contributed by atoms with E-state index in [1.807, 2.05) is 13.8 Å². The molecule has 26 heavy (non-hydrogen) atoms. The van der Waals surface area contributed by atoms with Gasteiger partial charge in [-0.1, -0.05) is 18.2 Å². The van der Waals surface area contributed by atoms with Crippen molar-refractivity contribution < 1.29 is 19.5 Å². The smallest absolute Gasteiger partial charge is 0.335 e. The number of carbonyl (C=O) groups is 3. The summed E-state index contributed by atoms with van der Waals surface area (Å²) >= 11 is 0. The van der Waals surface area contributed by atoms with E-state index in [1.165, 1.54) is 12.1 Å². The van der Waals surface area contributed by atoms with E-state index in [2.05, 4.69) is 5.32 Å². The van der Waals surface area contributed by atoms with Gasteiger partial charge in [-0.3, -0.25) is 9.59 Å². The molecule has 0 aromatic heterocycles. The average molecular weight is 354 g/mol. The number of benzene rings is 2. The summed E-state index contributed by atoms with van der Waals surface area (Å²) in [5.41, 5.74) is 1.96. The number of amides is 2. The zero-order chi connectivity index (χ0) is 19.1. The van der Waals surface area contributed by atoms with Crippen LogP contribution in [0.5, 0.6) is 0 Å². The number of hydrogen-bond donors (Lipinski definition) is 2. The molecule has 2 rings (SSSR count). The molecule has 0 aliphatic rings. The van der Waals surface area contributed by atoms with Crippen LogP contribution in [0.4, 0.5) is 5.69 Å². The van der Waals surface area contributed by atoms with Gasteiger partial charge in [0.05, 0.1) is 12.0 Å². The molecule has 0 spiro atoms. The fraction of sp³-hybridized carbons (Fsp3) is 0.250. The SMILES string of the molecule is CCN(CC)C(=O)c1cccc(NC(=O)Cc2ccc(C(=O)O)cc2)c1. The molecular formula is C20H22N2O4. The molecule has 136 valence electrons. The molecule has 0 saturated carbocycles. The Morgan fingerprint density at radius 1 is 0.962 bits per heavy atom. The molecule has 6 nitrogen and oxygen atoms in total. The number of nitrogens with zero attached hydrogens (tertiary/aromatic N) is 1. The molecule has 0 unspecified atom stereocenters. The third kappa shape index (κ3) is 4.92. The maximum Gasteiger partial charge on any atom is 0.335 e. The fourth-order valence-corrected chi connectivity index (χ4v) is 2.58. The molecule has 0 radical (unpaired) electrons. The first-order chi connectivity index (χ1) is 12.4. The van der Waals surface area contributed by atoms with Gasteiger partial charge in [-0.15, -0.1) is 0 Å². The molecule has 0 heterocycles. The number of aromatic carboxylic acids is 1. The van der Waals surface area contributed by atoms with Crippen LogP contribution < -0.4 is 5.32 Å².